The van der Waals surface area contributed by atoms with Gasteiger partial charge in [-0.15, -0.1) is 11.3 Å². The lowest BCUT2D eigenvalue weighted by atomic mass is 10.5. The maximum atomic E-state index is 12.2. The van der Waals surface area contributed by atoms with Crippen LogP contribution in [0.1, 0.15) is 4.88 Å². The van der Waals surface area contributed by atoms with E-state index in [2.05, 4.69) is 15.9 Å². The van der Waals surface area contributed by atoms with Crippen LogP contribution >= 0.6 is 39.0 Å². The highest BCUT2D eigenvalue weighted by Crippen LogP contribution is 2.33. The average Bonchev–Trinajstić information content (AvgIpc) is 2.67. The normalized spacial score (nSPS) is 12.3. The zero-order valence-electron chi connectivity index (χ0n) is 9.51. The number of hydrogen-bond acceptors (Lipinski definition) is 5. The molecule has 98 valence electrons. The topological polar surface area (TPSA) is 57.6 Å². The van der Waals surface area contributed by atoms with Crippen LogP contribution in [0, 0.1) is 0 Å². The Morgan fingerprint density at radius 1 is 1.59 bits per heavy atom. The van der Waals surface area contributed by atoms with Crippen LogP contribution in [0.25, 0.3) is 0 Å². The Bertz CT molecular complexity index is 472. The molecular weight excluding hydrogens is 346 g/mol. The van der Waals surface area contributed by atoms with E-state index in [1.54, 1.807) is 18.8 Å². The second kappa shape index (κ2) is 6.53. The molecule has 8 heteroatoms. The fourth-order valence-electron chi connectivity index (χ4n) is 1.16. The molecule has 0 amide bonds. The Morgan fingerprint density at radius 3 is 2.71 bits per heavy atom. The largest absolute Gasteiger partial charge is 0.391 e. The molecule has 0 saturated carbocycles. The summed E-state index contributed by atoms with van der Waals surface area (Å²) < 4.78 is 26.3. The monoisotopic (exact) mass is 359 g/mol. The molecule has 0 atom stereocenters. The number of aliphatic hydroxyl groups excluding tert-OH is 1. The van der Waals surface area contributed by atoms with Crippen LogP contribution in [0.4, 0.5) is 0 Å². The maximum absolute atomic E-state index is 12.2. The number of thioether (sulfide) groups is 1. The van der Waals surface area contributed by atoms with Crippen molar-refractivity contribution in [3.05, 3.63) is 14.7 Å². The molecule has 1 aromatic rings. The van der Waals surface area contributed by atoms with Crippen LogP contribution in [0.15, 0.2) is 14.7 Å². The van der Waals surface area contributed by atoms with Gasteiger partial charge in [0.25, 0.3) is 0 Å². The Morgan fingerprint density at radius 2 is 2.24 bits per heavy atom. The fraction of sp³-hybridized carbons (Fsp3) is 0.556. The van der Waals surface area contributed by atoms with Crippen molar-refractivity contribution in [1.82, 2.24) is 4.31 Å². The molecule has 4 nitrogen and oxygen atoms in total. The highest BCUT2D eigenvalue weighted by Gasteiger charge is 2.25. The molecule has 0 spiro atoms. The van der Waals surface area contributed by atoms with Crippen molar-refractivity contribution < 1.29 is 13.5 Å². The van der Waals surface area contributed by atoms with Crippen LogP contribution < -0.4 is 0 Å². The van der Waals surface area contributed by atoms with E-state index < -0.39 is 10.0 Å². The first kappa shape index (κ1) is 15.5. The van der Waals surface area contributed by atoms with E-state index in [1.165, 1.54) is 21.7 Å². The third-order valence-corrected chi connectivity index (χ3v) is 6.85. The van der Waals surface area contributed by atoms with Crippen LogP contribution in [-0.4, -0.2) is 43.4 Å². The van der Waals surface area contributed by atoms with E-state index in [0.717, 1.165) is 5.75 Å². The van der Waals surface area contributed by atoms with Gasteiger partial charge in [0, 0.05) is 24.2 Å². The van der Waals surface area contributed by atoms with Gasteiger partial charge in [0.2, 0.25) is 10.0 Å². The highest BCUT2D eigenvalue weighted by molar-refractivity contribution is 9.11. The van der Waals surface area contributed by atoms with Crippen molar-refractivity contribution in [2.45, 2.75) is 11.5 Å². The third kappa shape index (κ3) is 3.68. The zero-order chi connectivity index (χ0) is 13.1. The van der Waals surface area contributed by atoms with Gasteiger partial charge in [0.15, 0.2) is 0 Å². The van der Waals surface area contributed by atoms with E-state index in [-0.39, 0.29) is 11.5 Å². The lowest BCUT2D eigenvalue weighted by Gasteiger charge is -2.15. The van der Waals surface area contributed by atoms with E-state index >= 15 is 0 Å². The summed E-state index contributed by atoms with van der Waals surface area (Å²) in [6.45, 7) is 0.327. The van der Waals surface area contributed by atoms with Crippen molar-refractivity contribution in [3.63, 3.8) is 0 Å². The Kier molecular flexibility index (Phi) is 5.94. The molecule has 17 heavy (non-hydrogen) atoms. The Balaban J connectivity index is 2.99. The molecule has 0 aliphatic rings. The summed E-state index contributed by atoms with van der Waals surface area (Å²) in [5.41, 5.74) is 0. The lowest BCUT2D eigenvalue weighted by Crippen LogP contribution is -2.29. The van der Waals surface area contributed by atoms with Crippen molar-refractivity contribution in [2.24, 2.45) is 0 Å². The minimum absolute atomic E-state index is 0.146. The minimum atomic E-state index is -3.46. The molecule has 1 aromatic heterocycles. The Hall–Kier alpha value is 0.400. The summed E-state index contributed by atoms with van der Waals surface area (Å²) in [6, 6.07) is 1.51. The van der Waals surface area contributed by atoms with Gasteiger partial charge >= 0.3 is 0 Å². The number of sulfonamides is 1. The summed E-state index contributed by atoms with van der Waals surface area (Å²) in [5, 5.41) is 9.00. The second-order valence-corrected chi connectivity index (χ2v) is 8.78. The van der Waals surface area contributed by atoms with Gasteiger partial charge in [-0.3, -0.25) is 0 Å². The highest BCUT2D eigenvalue weighted by atomic mass is 79.9. The average molecular weight is 360 g/mol. The summed E-state index contributed by atoms with van der Waals surface area (Å²) in [5.74, 6) is 0.754. The third-order valence-electron chi connectivity index (χ3n) is 2.16. The van der Waals surface area contributed by atoms with Gasteiger partial charge in [-0.1, -0.05) is 0 Å². The van der Waals surface area contributed by atoms with E-state index in [9.17, 15) is 8.42 Å². The van der Waals surface area contributed by atoms with E-state index in [0.29, 0.717) is 15.2 Å². The van der Waals surface area contributed by atoms with Gasteiger partial charge in [0.1, 0.15) is 4.90 Å². The van der Waals surface area contributed by atoms with Crippen LogP contribution in [0.3, 0.4) is 0 Å². The molecule has 1 rings (SSSR count). The Labute approximate surface area is 118 Å². The first-order valence-corrected chi connectivity index (χ1v) is 9.22. The second-order valence-electron chi connectivity index (χ2n) is 3.33. The van der Waals surface area contributed by atoms with Gasteiger partial charge in [0.05, 0.1) is 10.4 Å². The SMILES string of the molecule is CSCCN(C)S(=O)(=O)c1cc(CO)sc1Br. The van der Waals surface area contributed by atoms with Crippen molar-refractivity contribution in [1.29, 1.82) is 0 Å². The number of hydrogen-bond donors (Lipinski definition) is 1. The van der Waals surface area contributed by atoms with Gasteiger partial charge in [-0.05, 0) is 28.3 Å². The van der Waals surface area contributed by atoms with E-state index in [4.69, 9.17) is 5.11 Å². The first-order valence-electron chi connectivity index (χ1n) is 4.77. The number of rotatable bonds is 6. The van der Waals surface area contributed by atoms with Gasteiger partial charge in [-0.2, -0.15) is 11.8 Å². The molecule has 0 bridgehead atoms. The number of nitrogens with zero attached hydrogens (tertiary/aromatic N) is 1. The van der Waals surface area contributed by atoms with Crippen molar-refractivity contribution in [3.8, 4) is 0 Å². The molecule has 0 radical (unpaired) electrons. The predicted octanol–water partition coefficient (Wildman–Crippen LogP) is 1.99. The lowest BCUT2D eigenvalue weighted by molar-refractivity contribution is 0.285. The number of aliphatic hydroxyl groups is 1. The van der Waals surface area contributed by atoms with E-state index in [1.807, 2.05) is 6.26 Å². The number of halogens is 1. The first-order chi connectivity index (χ1) is 7.93. The van der Waals surface area contributed by atoms with Crippen LogP contribution in [-0.2, 0) is 16.6 Å². The quantitative estimate of drug-likeness (QED) is 0.843. The van der Waals surface area contributed by atoms with Crippen LogP contribution in [0.5, 0.6) is 0 Å². The summed E-state index contributed by atoms with van der Waals surface area (Å²) in [7, 11) is -1.89. The number of thiophene rings is 1. The smallest absolute Gasteiger partial charge is 0.244 e. The molecule has 0 fully saturated rings. The van der Waals surface area contributed by atoms with Crippen molar-refractivity contribution in [2.75, 3.05) is 25.6 Å². The van der Waals surface area contributed by atoms with Crippen LogP contribution in [0.2, 0.25) is 0 Å². The molecule has 0 saturated heterocycles. The molecule has 0 aliphatic carbocycles. The summed E-state index contributed by atoms with van der Waals surface area (Å²) in [4.78, 5) is 0.865. The maximum Gasteiger partial charge on any atom is 0.244 e. The predicted molar refractivity (Wildman–Crippen MR) is 76.1 cm³/mol. The summed E-state index contributed by atoms with van der Waals surface area (Å²) in [6.07, 6.45) is 1.94. The van der Waals surface area contributed by atoms with Gasteiger partial charge < -0.3 is 5.11 Å². The minimum Gasteiger partial charge on any atom is -0.391 e. The van der Waals surface area contributed by atoms with Gasteiger partial charge in [-0.25, -0.2) is 12.7 Å². The molecule has 0 aliphatic heterocycles. The molecule has 1 N–H and O–H groups in total. The molecule has 0 unspecified atom stereocenters. The zero-order valence-corrected chi connectivity index (χ0v) is 13.5. The fourth-order valence-corrected chi connectivity index (χ4v) is 5.39. The molecular formula is C9H14BrNO3S3. The van der Waals surface area contributed by atoms with Crippen molar-refractivity contribution >= 4 is 49.1 Å². The summed E-state index contributed by atoms with van der Waals surface area (Å²) >= 11 is 6.06. The standard InChI is InChI=1S/C9H14BrNO3S3/c1-11(3-4-15-2)17(13,14)8-5-7(6-12)16-9(8)10/h5,12H,3-4,6H2,1-2H3. The molecule has 0 aromatic carbocycles. The molecule has 1 heterocycles.